The highest BCUT2D eigenvalue weighted by Crippen LogP contribution is 2.25. The van der Waals surface area contributed by atoms with E-state index in [4.69, 9.17) is 23.2 Å². The molecule has 1 unspecified atom stereocenters. The van der Waals surface area contributed by atoms with Gasteiger partial charge in [-0.25, -0.2) is 8.42 Å². The second-order valence-electron chi connectivity index (χ2n) is 6.70. The largest absolute Gasteiger partial charge is 0.339 e. The van der Waals surface area contributed by atoms with Gasteiger partial charge in [-0.05, 0) is 24.1 Å². The molecule has 26 heavy (non-hydrogen) atoms. The number of sulfone groups is 1. The van der Waals surface area contributed by atoms with Crippen LogP contribution in [0.15, 0.2) is 18.2 Å². The van der Waals surface area contributed by atoms with Gasteiger partial charge in [-0.1, -0.05) is 29.3 Å². The number of halogens is 2. The smallest absolute Gasteiger partial charge is 0.232 e. The van der Waals surface area contributed by atoms with Gasteiger partial charge in [0.25, 0.3) is 0 Å². The number of carbonyl (C=O) groups excluding carboxylic acids is 1. The van der Waals surface area contributed by atoms with Crippen molar-refractivity contribution in [3.8, 4) is 0 Å². The first kappa shape index (κ1) is 20.3. The van der Waals surface area contributed by atoms with Crippen LogP contribution in [0.5, 0.6) is 0 Å². The van der Waals surface area contributed by atoms with Crippen LogP contribution in [0.1, 0.15) is 12.0 Å². The molecule has 9 heteroatoms. The molecule has 144 valence electrons. The third kappa shape index (κ3) is 5.29. The summed E-state index contributed by atoms with van der Waals surface area (Å²) in [6.45, 7) is 2.83. The molecule has 2 aliphatic rings. The van der Waals surface area contributed by atoms with E-state index in [1.807, 2.05) is 11.0 Å². The Morgan fingerprint density at radius 2 is 1.92 bits per heavy atom. The summed E-state index contributed by atoms with van der Waals surface area (Å²) in [7, 11) is -2.86. The normalized spacial score (nSPS) is 23.3. The summed E-state index contributed by atoms with van der Waals surface area (Å²) in [6, 6.07) is 5.52. The van der Waals surface area contributed by atoms with Gasteiger partial charge in [-0.3, -0.25) is 9.69 Å². The minimum absolute atomic E-state index is 0.124. The molecule has 2 saturated heterocycles. The maximum Gasteiger partial charge on any atom is 0.232 e. The number of carbonyl (C=O) groups is 1. The molecule has 0 aliphatic carbocycles. The standard InChI is InChI=1S/C17H22Cl2N2O3S2/c18-14-2-1-13(16(19)9-14)10-25-11-17(22)21-6-4-20(5-7-21)15-3-8-26(23,24)12-15/h1-2,9,15H,3-8,10-12H2. The lowest BCUT2D eigenvalue weighted by Crippen LogP contribution is -2.52. The number of hydrogen-bond acceptors (Lipinski definition) is 5. The minimum atomic E-state index is -2.86. The van der Waals surface area contributed by atoms with Crippen LogP contribution in [0.25, 0.3) is 0 Å². The van der Waals surface area contributed by atoms with Gasteiger partial charge in [0.15, 0.2) is 9.84 Å². The van der Waals surface area contributed by atoms with Crippen LogP contribution < -0.4 is 0 Å². The van der Waals surface area contributed by atoms with Crippen LogP contribution in [0.2, 0.25) is 10.0 Å². The minimum Gasteiger partial charge on any atom is -0.339 e. The first-order valence-electron chi connectivity index (χ1n) is 8.58. The van der Waals surface area contributed by atoms with E-state index in [2.05, 4.69) is 4.90 Å². The monoisotopic (exact) mass is 436 g/mol. The van der Waals surface area contributed by atoms with Crippen LogP contribution in [-0.2, 0) is 20.4 Å². The molecular formula is C17H22Cl2N2O3S2. The van der Waals surface area contributed by atoms with Crippen molar-refractivity contribution in [1.29, 1.82) is 0 Å². The van der Waals surface area contributed by atoms with Crippen LogP contribution in [0.3, 0.4) is 0 Å². The second-order valence-corrected chi connectivity index (χ2v) is 10.8. The van der Waals surface area contributed by atoms with E-state index < -0.39 is 9.84 Å². The van der Waals surface area contributed by atoms with Crippen molar-refractivity contribution in [2.24, 2.45) is 0 Å². The summed E-state index contributed by atoms with van der Waals surface area (Å²) < 4.78 is 23.2. The molecule has 1 aromatic carbocycles. The lowest BCUT2D eigenvalue weighted by atomic mass is 10.2. The van der Waals surface area contributed by atoms with E-state index in [0.717, 1.165) is 18.7 Å². The van der Waals surface area contributed by atoms with Gasteiger partial charge in [-0.15, -0.1) is 11.8 Å². The van der Waals surface area contributed by atoms with Gasteiger partial charge < -0.3 is 4.90 Å². The molecule has 3 rings (SSSR count). The zero-order valence-corrected chi connectivity index (χ0v) is 17.5. The first-order chi connectivity index (χ1) is 12.3. The van der Waals surface area contributed by atoms with E-state index in [0.29, 0.717) is 46.8 Å². The SMILES string of the molecule is O=C(CSCc1ccc(Cl)cc1Cl)N1CCN(C2CCS(=O)(=O)C2)CC1. The lowest BCUT2D eigenvalue weighted by molar-refractivity contribution is -0.130. The Morgan fingerprint density at radius 3 is 2.54 bits per heavy atom. The average molecular weight is 437 g/mol. The van der Waals surface area contributed by atoms with Crippen molar-refractivity contribution in [3.63, 3.8) is 0 Å². The first-order valence-corrected chi connectivity index (χ1v) is 12.3. The number of thioether (sulfide) groups is 1. The fourth-order valence-electron chi connectivity index (χ4n) is 3.38. The molecule has 0 aromatic heterocycles. The second kappa shape index (κ2) is 8.69. The van der Waals surface area contributed by atoms with Crippen molar-refractivity contribution in [2.75, 3.05) is 43.4 Å². The molecule has 2 heterocycles. The highest BCUT2D eigenvalue weighted by Gasteiger charge is 2.34. The van der Waals surface area contributed by atoms with Crippen molar-refractivity contribution >= 4 is 50.7 Å². The Balaban J connectivity index is 1.41. The van der Waals surface area contributed by atoms with Crippen molar-refractivity contribution in [3.05, 3.63) is 33.8 Å². The Morgan fingerprint density at radius 1 is 1.19 bits per heavy atom. The highest BCUT2D eigenvalue weighted by atomic mass is 35.5. The third-order valence-electron chi connectivity index (χ3n) is 4.89. The average Bonchev–Trinajstić information content (AvgIpc) is 2.97. The van der Waals surface area contributed by atoms with E-state index >= 15 is 0 Å². The fraction of sp³-hybridized carbons (Fsp3) is 0.588. The van der Waals surface area contributed by atoms with E-state index in [-0.39, 0.29) is 17.7 Å². The maximum atomic E-state index is 12.4. The zero-order valence-electron chi connectivity index (χ0n) is 14.4. The molecule has 2 aliphatic heterocycles. The fourth-order valence-corrected chi connectivity index (χ4v) is 6.63. The van der Waals surface area contributed by atoms with Gasteiger partial charge in [0, 0.05) is 48.0 Å². The predicted octanol–water partition coefficient (Wildman–Crippen LogP) is 2.56. The number of piperazine rings is 1. The van der Waals surface area contributed by atoms with Crippen molar-refractivity contribution < 1.29 is 13.2 Å². The van der Waals surface area contributed by atoms with E-state index in [1.54, 1.807) is 23.9 Å². The summed E-state index contributed by atoms with van der Waals surface area (Å²) >= 11 is 13.6. The molecule has 0 bridgehead atoms. The topological polar surface area (TPSA) is 57.7 Å². The molecule has 0 radical (unpaired) electrons. The zero-order chi connectivity index (χ0) is 18.7. The summed E-state index contributed by atoms with van der Waals surface area (Å²) in [5, 5.41) is 1.23. The number of benzene rings is 1. The molecular weight excluding hydrogens is 415 g/mol. The van der Waals surface area contributed by atoms with E-state index in [9.17, 15) is 13.2 Å². The third-order valence-corrected chi connectivity index (χ3v) is 8.19. The number of amides is 1. The van der Waals surface area contributed by atoms with Crippen LogP contribution in [0.4, 0.5) is 0 Å². The molecule has 1 atom stereocenters. The number of nitrogens with zero attached hydrogens (tertiary/aromatic N) is 2. The van der Waals surface area contributed by atoms with Crippen molar-refractivity contribution in [1.82, 2.24) is 9.80 Å². The van der Waals surface area contributed by atoms with Crippen LogP contribution >= 0.6 is 35.0 Å². The Kier molecular flexibility index (Phi) is 6.78. The Bertz CT molecular complexity index is 765. The molecule has 0 saturated carbocycles. The summed E-state index contributed by atoms with van der Waals surface area (Å²) in [5.74, 6) is 1.76. The molecule has 2 fully saturated rings. The van der Waals surface area contributed by atoms with Gasteiger partial charge in [0.05, 0.1) is 17.3 Å². The van der Waals surface area contributed by atoms with Crippen LogP contribution in [0, 0.1) is 0 Å². The Hall–Kier alpha value is -0.470. The summed E-state index contributed by atoms with van der Waals surface area (Å²) in [4.78, 5) is 16.5. The predicted molar refractivity (Wildman–Crippen MR) is 108 cm³/mol. The maximum absolute atomic E-state index is 12.4. The molecule has 5 nitrogen and oxygen atoms in total. The number of rotatable bonds is 5. The van der Waals surface area contributed by atoms with Gasteiger partial charge in [0.2, 0.25) is 5.91 Å². The quantitative estimate of drug-likeness (QED) is 0.709. The van der Waals surface area contributed by atoms with E-state index in [1.165, 1.54) is 0 Å². The Labute approximate surface area is 168 Å². The number of hydrogen-bond donors (Lipinski definition) is 0. The van der Waals surface area contributed by atoms with Gasteiger partial charge >= 0.3 is 0 Å². The summed E-state index contributed by atoms with van der Waals surface area (Å²) in [5.41, 5.74) is 0.973. The molecule has 0 spiro atoms. The highest BCUT2D eigenvalue weighted by molar-refractivity contribution is 7.99. The molecule has 1 aromatic rings. The van der Waals surface area contributed by atoms with Gasteiger partial charge in [-0.2, -0.15) is 0 Å². The van der Waals surface area contributed by atoms with Crippen LogP contribution in [-0.4, -0.2) is 73.6 Å². The molecule has 0 N–H and O–H groups in total. The van der Waals surface area contributed by atoms with Crippen molar-refractivity contribution in [2.45, 2.75) is 18.2 Å². The molecule has 1 amide bonds. The lowest BCUT2D eigenvalue weighted by Gasteiger charge is -2.37. The summed E-state index contributed by atoms with van der Waals surface area (Å²) in [6.07, 6.45) is 0.716. The van der Waals surface area contributed by atoms with Gasteiger partial charge in [0.1, 0.15) is 0 Å².